The number of halogens is 1. The molecule has 0 spiro atoms. The smallest absolute Gasteiger partial charge is 0.142 e. The third-order valence-electron chi connectivity index (χ3n) is 7.45. The van der Waals surface area contributed by atoms with Crippen molar-refractivity contribution in [1.29, 1.82) is 0 Å². The molecular formula is C31H56BrN2O4-. The van der Waals surface area contributed by atoms with Crippen LogP contribution in [0, 0.1) is 0 Å². The number of hydrogen-bond acceptors (Lipinski definition) is 4. The van der Waals surface area contributed by atoms with Crippen LogP contribution in [0.4, 0.5) is 10.5 Å². The second kappa shape index (κ2) is 24.7. The highest BCUT2D eigenvalue weighted by molar-refractivity contribution is 5.83. The summed E-state index contributed by atoms with van der Waals surface area (Å²) in [6, 6.07) is 6.96. The Morgan fingerprint density at radius 1 is 0.842 bits per heavy atom. The molecule has 2 N–H and O–H groups in total. The van der Waals surface area contributed by atoms with Crippen molar-refractivity contribution in [3.8, 4) is 5.75 Å². The second-order valence-electron chi connectivity index (χ2n) is 10.7. The van der Waals surface area contributed by atoms with E-state index in [9.17, 15) is 15.0 Å². The number of hydrogen-bond donors (Lipinski definition) is 2. The molecule has 0 bridgehead atoms. The van der Waals surface area contributed by atoms with Gasteiger partial charge in [0.25, 0.3) is 0 Å². The molecule has 0 aliphatic carbocycles. The fourth-order valence-electron chi connectivity index (χ4n) is 5.23. The lowest BCUT2D eigenvalue weighted by molar-refractivity contribution is -0.932. The molecular weight excluding hydrogens is 544 g/mol. The third-order valence-corrected chi connectivity index (χ3v) is 7.45. The van der Waals surface area contributed by atoms with Gasteiger partial charge in [0, 0.05) is 0 Å². The summed E-state index contributed by atoms with van der Waals surface area (Å²) in [6.45, 7) is 10.4. The number of amides is 1. The van der Waals surface area contributed by atoms with Gasteiger partial charge in [0.1, 0.15) is 18.4 Å². The van der Waals surface area contributed by atoms with Crippen LogP contribution in [0.1, 0.15) is 117 Å². The minimum absolute atomic E-state index is 0. The quantitative estimate of drug-likeness (QED) is 0.186. The topological polar surface area (TPSA) is 81.6 Å². The van der Waals surface area contributed by atoms with Crippen molar-refractivity contribution >= 4 is 11.8 Å². The summed E-state index contributed by atoms with van der Waals surface area (Å²) < 4.78 is 6.78. The average molecular weight is 601 g/mol. The predicted octanol–water partition coefficient (Wildman–Crippen LogP) is 3.92. The van der Waals surface area contributed by atoms with Crippen LogP contribution < -0.4 is 32.1 Å². The molecule has 1 fully saturated rings. The van der Waals surface area contributed by atoms with E-state index < -0.39 is 6.09 Å². The summed E-state index contributed by atoms with van der Waals surface area (Å²) in [4.78, 5) is 10.5. The summed E-state index contributed by atoms with van der Waals surface area (Å²) in [5.74, 6) is 0.553. The molecule has 7 heteroatoms. The van der Waals surface area contributed by atoms with E-state index in [1.165, 1.54) is 114 Å². The van der Waals surface area contributed by atoms with Gasteiger partial charge < -0.3 is 46.5 Å². The zero-order chi connectivity index (χ0) is 27.0. The van der Waals surface area contributed by atoms with E-state index in [2.05, 4.69) is 19.2 Å². The van der Waals surface area contributed by atoms with Crippen molar-refractivity contribution < 1.29 is 41.2 Å². The van der Waals surface area contributed by atoms with E-state index >= 15 is 0 Å². The Hall–Kier alpha value is -1.31. The van der Waals surface area contributed by atoms with E-state index in [-0.39, 0.29) is 17.0 Å². The highest BCUT2D eigenvalue weighted by Gasteiger charge is 2.28. The number of carbonyl (C=O) groups excluding carboxylic acids is 1. The van der Waals surface area contributed by atoms with Gasteiger partial charge in [-0.3, -0.25) is 0 Å². The van der Waals surface area contributed by atoms with Crippen LogP contribution in [0.2, 0.25) is 0 Å². The minimum Gasteiger partial charge on any atom is -1.00 e. The highest BCUT2D eigenvalue weighted by atomic mass is 79.9. The SMILES string of the molecule is CCCCCCCCCC[N+]1(CCO)CCCCC1.CCCCCCCOc1ccccc1NC(=O)[O-].[Br-]. The first kappa shape index (κ1) is 36.7. The zero-order valence-corrected chi connectivity index (χ0v) is 25.9. The molecule has 1 aromatic carbocycles. The molecule has 0 radical (unpaired) electrons. The molecule has 6 nitrogen and oxygen atoms in total. The molecule has 38 heavy (non-hydrogen) atoms. The van der Waals surface area contributed by atoms with Crippen LogP contribution in [0.5, 0.6) is 5.75 Å². The van der Waals surface area contributed by atoms with Crippen molar-refractivity contribution in [3.05, 3.63) is 24.3 Å². The third kappa shape index (κ3) is 18.1. The standard InChI is InChI=1S/C17H36NO.C14H21NO3.BrH/c1-2-3-4-5-6-7-8-10-13-18(16-17-19)14-11-9-12-15-18;1-2-3-4-5-8-11-18-13-10-7-6-9-12(13)15-14(16)17;/h19H,2-17H2,1H3;6-7,9-10,15H,2-5,8,11H2,1H3,(H,16,17);1H/q+1;;/p-2. The number of likely N-dealkylation sites (tertiary alicyclic amines) is 1. The molecule has 1 heterocycles. The van der Waals surface area contributed by atoms with Crippen LogP contribution in [-0.4, -0.2) is 55.1 Å². The maximum absolute atomic E-state index is 10.5. The van der Waals surface area contributed by atoms with Gasteiger partial charge in [-0.2, -0.15) is 0 Å². The Balaban J connectivity index is 0.000000703. The van der Waals surface area contributed by atoms with Gasteiger partial charge in [-0.15, -0.1) is 0 Å². The zero-order valence-electron chi connectivity index (χ0n) is 24.4. The van der Waals surface area contributed by atoms with Gasteiger partial charge in [0.05, 0.1) is 38.5 Å². The highest BCUT2D eigenvalue weighted by Crippen LogP contribution is 2.24. The molecule has 1 aromatic rings. The minimum atomic E-state index is -1.33. The van der Waals surface area contributed by atoms with Crippen molar-refractivity contribution in [3.63, 3.8) is 0 Å². The number of ether oxygens (including phenoxy) is 1. The number of quaternary nitrogens is 1. The van der Waals surface area contributed by atoms with Gasteiger partial charge >= 0.3 is 0 Å². The van der Waals surface area contributed by atoms with Crippen LogP contribution >= 0.6 is 0 Å². The number of para-hydroxylation sites is 2. The molecule has 1 aliphatic heterocycles. The summed E-state index contributed by atoms with van der Waals surface area (Å²) in [5, 5.41) is 22.0. The fraction of sp³-hybridized carbons (Fsp3) is 0.774. The first-order chi connectivity index (χ1) is 18.1. The number of carboxylic acid groups (broad SMARTS) is 1. The van der Waals surface area contributed by atoms with E-state index in [1.54, 1.807) is 18.2 Å². The summed E-state index contributed by atoms with van der Waals surface area (Å²) >= 11 is 0. The molecule has 2 rings (SSSR count). The van der Waals surface area contributed by atoms with Crippen molar-refractivity contribution in [2.75, 3.05) is 44.7 Å². The number of unbranched alkanes of at least 4 members (excludes halogenated alkanes) is 11. The molecule has 1 aliphatic rings. The van der Waals surface area contributed by atoms with Crippen LogP contribution in [-0.2, 0) is 0 Å². The molecule has 0 aromatic heterocycles. The van der Waals surface area contributed by atoms with Crippen molar-refractivity contribution in [2.45, 2.75) is 117 Å². The van der Waals surface area contributed by atoms with Gasteiger partial charge in [-0.1, -0.05) is 90.2 Å². The Kier molecular flexibility index (Phi) is 23.9. The van der Waals surface area contributed by atoms with Gasteiger partial charge in [0.15, 0.2) is 0 Å². The first-order valence-electron chi connectivity index (χ1n) is 15.2. The average Bonchev–Trinajstić information content (AvgIpc) is 2.89. The van der Waals surface area contributed by atoms with Gasteiger partial charge in [-0.25, -0.2) is 0 Å². The number of anilines is 1. The number of nitrogens with zero attached hydrogens (tertiary/aromatic N) is 1. The van der Waals surface area contributed by atoms with Gasteiger partial charge in [0.2, 0.25) is 0 Å². The summed E-state index contributed by atoms with van der Waals surface area (Å²) in [5.41, 5.74) is 0.436. The Labute approximate surface area is 243 Å². The van der Waals surface area contributed by atoms with E-state index in [0.29, 0.717) is 24.7 Å². The van der Waals surface area contributed by atoms with Crippen LogP contribution in [0.3, 0.4) is 0 Å². The lowest BCUT2D eigenvalue weighted by atomic mass is 10.0. The number of rotatable bonds is 19. The fourth-order valence-corrected chi connectivity index (χ4v) is 5.23. The lowest BCUT2D eigenvalue weighted by Gasteiger charge is -2.41. The molecule has 1 amide bonds. The maximum atomic E-state index is 10.5. The van der Waals surface area contributed by atoms with Crippen molar-refractivity contribution in [2.24, 2.45) is 0 Å². The Morgan fingerprint density at radius 3 is 1.97 bits per heavy atom. The normalized spacial score (nSPS) is 14.1. The first-order valence-corrected chi connectivity index (χ1v) is 15.2. The van der Waals surface area contributed by atoms with Crippen LogP contribution in [0.25, 0.3) is 0 Å². The molecule has 1 saturated heterocycles. The number of benzene rings is 1. The van der Waals surface area contributed by atoms with Crippen LogP contribution in [0.15, 0.2) is 24.3 Å². The van der Waals surface area contributed by atoms with E-state index in [1.807, 2.05) is 6.07 Å². The van der Waals surface area contributed by atoms with E-state index in [0.717, 1.165) is 19.4 Å². The number of nitrogens with one attached hydrogen (secondary N) is 1. The number of aliphatic hydroxyl groups excluding tert-OH is 1. The Morgan fingerprint density at radius 2 is 1.39 bits per heavy atom. The molecule has 0 atom stereocenters. The van der Waals surface area contributed by atoms with Crippen molar-refractivity contribution in [1.82, 2.24) is 0 Å². The molecule has 222 valence electrons. The van der Waals surface area contributed by atoms with E-state index in [4.69, 9.17) is 4.74 Å². The largest absolute Gasteiger partial charge is 1.00 e. The number of aliphatic hydroxyl groups is 1. The lowest BCUT2D eigenvalue weighted by Crippen LogP contribution is -3.00. The summed E-state index contributed by atoms with van der Waals surface area (Å²) in [7, 11) is 0. The number of piperidine rings is 1. The monoisotopic (exact) mass is 599 g/mol. The Bertz CT molecular complexity index is 678. The van der Waals surface area contributed by atoms with Gasteiger partial charge in [-0.05, 0) is 50.7 Å². The molecule has 0 unspecified atom stereocenters. The predicted molar refractivity (Wildman–Crippen MR) is 153 cm³/mol. The summed E-state index contributed by atoms with van der Waals surface area (Å²) in [6.07, 6.45) is 19.9. The number of carbonyl (C=O) groups is 1. The molecule has 0 saturated carbocycles. The maximum Gasteiger partial charge on any atom is 0.142 e. The second-order valence-corrected chi connectivity index (χ2v) is 10.7.